The van der Waals surface area contributed by atoms with Gasteiger partial charge in [-0.05, 0) is 25.0 Å². The summed E-state index contributed by atoms with van der Waals surface area (Å²) in [5, 5.41) is 17.5. The Kier molecular flexibility index (Phi) is 8.41. The van der Waals surface area contributed by atoms with Gasteiger partial charge in [-0.1, -0.05) is 114 Å². The summed E-state index contributed by atoms with van der Waals surface area (Å²) in [5.41, 5.74) is 1.49. The van der Waals surface area contributed by atoms with E-state index >= 15 is 0 Å². The van der Waals surface area contributed by atoms with Gasteiger partial charge >= 0.3 is 0 Å². The molecule has 0 atom stereocenters. The van der Waals surface area contributed by atoms with Crippen molar-refractivity contribution < 1.29 is 5.11 Å². The molecular formula is C42H44N4O4. The summed E-state index contributed by atoms with van der Waals surface area (Å²) in [6.45, 7) is 5.04. The number of H-pyrrole nitrogens is 1. The third kappa shape index (κ3) is 4.86. The van der Waals surface area contributed by atoms with Gasteiger partial charge in [0.05, 0.1) is 38.1 Å². The summed E-state index contributed by atoms with van der Waals surface area (Å²) >= 11 is 0. The summed E-state index contributed by atoms with van der Waals surface area (Å²) in [6, 6.07) is 15.5. The van der Waals surface area contributed by atoms with Crippen molar-refractivity contribution in [3.05, 3.63) is 79.6 Å². The first-order valence-electron chi connectivity index (χ1n) is 18.6. The summed E-state index contributed by atoms with van der Waals surface area (Å²) in [7, 11) is 0. The van der Waals surface area contributed by atoms with Crippen LogP contribution in [0.2, 0.25) is 0 Å². The molecule has 2 N–H and O–H groups in total. The van der Waals surface area contributed by atoms with Crippen LogP contribution in [0, 0.1) is 0 Å². The zero-order valence-corrected chi connectivity index (χ0v) is 29.0. The number of pyridine rings is 2. The van der Waals surface area contributed by atoms with E-state index in [2.05, 4.69) is 18.8 Å². The summed E-state index contributed by atoms with van der Waals surface area (Å²) in [5.74, 6) is -0.157. The molecule has 0 saturated heterocycles. The summed E-state index contributed by atoms with van der Waals surface area (Å²) < 4.78 is 2.90. The topological polar surface area (TPSA) is 110 Å². The first kappa shape index (κ1) is 32.2. The third-order valence-corrected chi connectivity index (χ3v) is 10.9. The smallest absolute Gasteiger partial charge is 0.263 e. The molecule has 8 aromatic rings. The first-order chi connectivity index (χ1) is 24.5. The van der Waals surface area contributed by atoms with Crippen LogP contribution in [0.15, 0.2) is 62.9 Å². The molecule has 0 saturated carbocycles. The molecule has 8 heteroatoms. The lowest BCUT2D eigenvalue weighted by molar-refractivity contribution is 0.406. The Morgan fingerprint density at radius 1 is 0.560 bits per heavy atom. The van der Waals surface area contributed by atoms with Crippen LogP contribution in [0.4, 0.5) is 0 Å². The number of aromatic hydroxyl groups is 1. The number of nitrogens with zero attached hydrogens (tertiary/aromatic N) is 3. The van der Waals surface area contributed by atoms with Gasteiger partial charge in [0.25, 0.3) is 16.7 Å². The molecule has 4 heterocycles. The SMILES string of the molecule is CCCCCCCCn1c(O)c2c3nc4ccccc4c3c3c(=O)n(CCCCCCCC)c(=O)c4c5[nH]c6ccccc6c5c(c1=O)c2c43. The molecular weight excluding hydrogens is 624 g/mol. The van der Waals surface area contributed by atoms with Crippen molar-refractivity contribution >= 4 is 75.9 Å². The number of rotatable bonds is 14. The minimum absolute atomic E-state index is 0.157. The van der Waals surface area contributed by atoms with Crippen molar-refractivity contribution in [2.45, 2.75) is 104 Å². The van der Waals surface area contributed by atoms with Crippen LogP contribution in [-0.2, 0) is 13.1 Å². The summed E-state index contributed by atoms with van der Waals surface area (Å²) in [6.07, 6.45) is 12.4. The van der Waals surface area contributed by atoms with Gasteiger partial charge in [-0.25, -0.2) is 4.98 Å². The Morgan fingerprint density at radius 2 is 1.10 bits per heavy atom. The van der Waals surface area contributed by atoms with Crippen molar-refractivity contribution in [1.29, 1.82) is 0 Å². The molecule has 8 rings (SSSR count). The Balaban J connectivity index is 1.51. The van der Waals surface area contributed by atoms with E-state index in [0.717, 1.165) is 80.5 Å². The molecule has 8 nitrogen and oxygen atoms in total. The van der Waals surface area contributed by atoms with Gasteiger partial charge in [0, 0.05) is 50.9 Å². The highest BCUT2D eigenvalue weighted by Crippen LogP contribution is 2.47. The highest BCUT2D eigenvalue weighted by atomic mass is 16.3. The number of para-hydroxylation sites is 2. The molecule has 256 valence electrons. The molecule has 0 unspecified atom stereocenters. The fourth-order valence-corrected chi connectivity index (χ4v) is 8.45. The zero-order chi connectivity index (χ0) is 34.5. The lowest BCUT2D eigenvalue weighted by Crippen LogP contribution is -2.34. The van der Waals surface area contributed by atoms with E-state index in [-0.39, 0.29) is 22.6 Å². The number of hydrogen-bond acceptors (Lipinski definition) is 5. The molecule has 4 aromatic heterocycles. The largest absolute Gasteiger partial charge is 0.494 e. The predicted molar refractivity (Wildman–Crippen MR) is 207 cm³/mol. The molecule has 0 radical (unpaired) electrons. The molecule has 0 spiro atoms. The maximum absolute atomic E-state index is 14.8. The van der Waals surface area contributed by atoms with Crippen LogP contribution in [0.5, 0.6) is 5.88 Å². The number of benzene rings is 4. The van der Waals surface area contributed by atoms with Crippen molar-refractivity contribution in [1.82, 2.24) is 19.1 Å². The van der Waals surface area contributed by atoms with Crippen LogP contribution < -0.4 is 16.7 Å². The minimum atomic E-state index is -0.367. The van der Waals surface area contributed by atoms with Gasteiger partial charge in [0.1, 0.15) is 0 Å². The standard InChI is InChI=1S/C42H44N4O4/c1-3-5-7-9-11-17-23-45-39(47)33-29-25-19-13-15-21-27(25)44-38(29)36-32-31(33)35(41(45)49)37-30(26-20-14-16-22-28(26)43-37)34(32)40(48)46(42(36)50)24-18-12-10-8-6-4-2/h13-16,19-22,43,50H,3-12,17-18,23-24H2,1-2H3. The third-order valence-electron chi connectivity index (χ3n) is 10.9. The van der Waals surface area contributed by atoms with E-state index in [1.807, 2.05) is 48.5 Å². The maximum atomic E-state index is 14.8. The Hall–Kier alpha value is -4.98. The molecule has 0 fully saturated rings. The maximum Gasteiger partial charge on any atom is 0.263 e. The number of aromatic nitrogens is 4. The minimum Gasteiger partial charge on any atom is -0.494 e. The number of fused-ring (bicyclic) bond motifs is 10. The Bertz CT molecular complexity index is 2720. The monoisotopic (exact) mass is 668 g/mol. The molecule has 0 aliphatic rings. The number of nitrogens with one attached hydrogen (secondary N) is 1. The van der Waals surface area contributed by atoms with Crippen molar-refractivity contribution in [3.63, 3.8) is 0 Å². The zero-order valence-electron chi connectivity index (χ0n) is 29.0. The molecule has 0 bridgehead atoms. The van der Waals surface area contributed by atoms with Crippen LogP contribution >= 0.6 is 0 Å². The van der Waals surface area contributed by atoms with Gasteiger partial charge in [-0.3, -0.25) is 23.5 Å². The number of hydrogen-bond donors (Lipinski definition) is 2. The molecule has 0 aliphatic heterocycles. The van der Waals surface area contributed by atoms with Gasteiger partial charge in [0.15, 0.2) is 0 Å². The number of unbranched alkanes of at least 4 members (excludes halogenated alkanes) is 10. The lowest BCUT2D eigenvalue weighted by atomic mass is 9.90. The van der Waals surface area contributed by atoms with E-state index in [4.69, 9.17) is 4.98 Å². The van der Waals surface area contributed by atoms with E-state index < -0.39 is 0 Å². The van der Waals surface area contributed by atoms with E-state index in [1.54, 1.807) is 0 Å². The fraction of sp³-hybridized carbons (Fsp3) is 0.381. The Morgan fingerprint density at radius 3 is 1.82 bits per heavy atom. The van der Waals surface area contributed by atoms with Gasteiger partial charge in [-0.2, -0.15) is 0 Å². The van der Waals surface area contributed by atoms with Crippen molar-refractivity contribution in [2.75, 3.05) is 0 Å². The molecule has 0 amide bonds. The van der Waals surface area contributed by atoms with Crippen molar-refractivity contribution in [3.8, 4) is 5.88 Å². The predicted octanol–water partition coefficient (Wildman–Crippen LogP) is 9.47. The van der Waals surface area contributed by atoms with Crippen molar-refractivity contribution in [2.24, 2.45) is 0 Å². The lowest BCUT2D eigenvalue weighted by Gasteiger charge is -2.19. The normalized spacial score (nSPS) is 12.4. The van der Waals surface area contributed by atoms with Crippen LogP contribution in [0.1, 0.15) is 90.9 Å². The van der Waals surface area contributed by atoms with Gasteiger partial charge < -0.3 is 10.1 Å². The first-order valence-corrected chi connectivity index (χ1v) is 18.6. The number of aromatic amines is 1. The second kappa shape index (κ2) is 13.0. The Labute approximate surface area is 289 Å². The van der Waals surface area contributed by atoms with Crippen LogP contribution in [-0.4, -0.2) is 24.2 Å². The highest BCUT2D eigenvalue weighted by Gasteiger charge is 2.30. The second-order valence-corrected chi connectivity index (χ2v) is 14.1. The molecule has 50 heavy (non-hydrogen) atoms. The van der Waals surface area contributed by atoms with E-state index in [0.29, 0.717) is 72.7 Å². The van der Waals surface area contributed by atoms with Crippen LogP contribution in [0.25, 0.3) is 75.9 Å². The van der Waals surface area contributed by atoms with E-state index in [1.165, 1.54) is 22.0 Å². The highest BCUT2D eigenvalue weighted by molar-refractivity contribution is 6.44. The molecule has 4 aromatic carbocycles. The van der Waals surface area contributed by atoms with Crippen LogP contribution in [0.3, 0.4) is 0 Å². The van der Waals surface area contributed by atoms with Gasteiger partial charge in [0.2, 0.25) is 5.88 Å². The quantitative estimate of drug-likeness (QED) is 0.0886. The molecule has 0 aliphatic carbocycles. The summed E-state index contributed by atoms with van der Waals surface area (Å²) in [4.78, 5) is 52.8. The fourth-order valence-electron chi connectivity index (χ4n) is 8.45. The average molecular weight is 669 g/mol. The van der Waals surface area contributed by atoms with Gasteiger partial charge in [-0.15, -0.1) is 0 Å². The van der Waals surface area contributed by atoms with E-state index in [9.17, 15) is 19.5 Å². The second-order valence-electron chi connectivity index (χ2n) is 14.1. The average Bonchev–Trinajstić information content (AvgIpc) is 3.70.